The van der Waals surface area contributed by atoms with Gasteiger partial charge < -0.3 is 10.4 Å². The fourth-order valence-electron chi connectivity index (χ4n) is 3.44. The molecule has 0 saturated heterocycles. The van der Waals surface area contributed by atoms with Crippen LogP contribution in [-0.4, -0.2) is 23.5 Å². The summed E-state index contributed by atoms with van der Waals surface area (Å²) in [5.41, 5.74) is 0. The lowest BCUT2D eigenvalue weighted by Crippen LogP contribution is -2.40. The van der Waals surface area contributed by atoms with Gasteiger partial charge in [-0.25, -0.2) is 0 Å². The normalized spacial score (nSPS) is 36.9. The van der Waals surface area contributed by atoms with E-state index in [-0.39, 0.29) is 23.7 Å². The van der Waals surface area contributed by atoms with Crippen LogP contribution in [0.3, 0.4) is 0 Å². The number of hydrogen-bond donors (Lipinski definition) is 2. The van der Waals surface area contributed by atoms with Gasteiger partial charge in [-0.1, -0.05) is 25.0 Å². The van der Waals surface area contributed by atoms with E-state index >= 15 is 0 Å². The number of hydrogen-bond acceptors (Lipinski definition) is 2. The molecule has 0 aromatic heterocycles. The lowest BCUT2D eigenvalue weighted by atomic mass is 9.82. The highest BCUT2D eigenvalue weighted by molar-refractivity contribution is 5.86. The first kappa shape index (κ1) is 11.8. The zero-order valence-corrected chi connectivity index (χ0v) is 10.3. The van der Waals surface area contributed by atoms with Gasteiger partial charge in [0.05, 0.1) is 11.8 Å². The molecule has 98 valence electrons. The molecule has 0 aliphatic heterocycles. The van der Waals surface area contributed by atoms with E-state index in [0.29, 0.717) is 6.54 Å². The molecule has 18 heavy (non-hydrogen) atoms. The third kappa shape index (κ3) is 2.04. The molecule has 0 aromatic carbocycles. The molecule has 2 N–H and O–H groups in total. The number of rotatable bonds is 5. The molecule has 2 bridgehead atoms. The highest BCUT2D eigenvalue weighted by Gasteiger charge is 2.51. The van der Waals surface area contributed by atoms with E-state index in [0.717, 1.165) is 18.8 Å². The lowest BCUT2D eigenvalue weighted by Gasteiger charge is -2.23. The first-order valence-corrected chi connectivity index (χ1v) is 6.85. The van der Waals surface area contributed by atoms with E-state index in [1.165, 1.54) is 12.8 Å². The topological polar surface area (TPSA) is 66.4 Å². The van der Waals surface area contributed by atoms with Crippen LogP contribution in [-0.2, 0) is 9.59 Å². The highest BCUT2D eigenvalue weighted by Crippen LogP contribution is 2.48. The van der Waals surface area contributed by atoms with Crippen molar-refractivity contribution in [3.63, 3.8) is 0 Å². The number of amides is 1. The Morgan fingerprint density at radius 2 is 1.83 bits per heavy atom. The molecule has 0 radical (unpaired) electrons. The maximum atomic E-state index is 12.1. The van der Waals surface area contributed by atoms with Crippen LogP contribution in [0.5, 0.6) is 0 Å². The second-order valence-corrected chi connectivity index (χ2v) is 5.86. The second-order valence-electron chi connectivity index (χ2n) is 5.86. The number of carboxylic acid groups (broad SMARTS) is 1. The van der Waals surface area contributed by atoms with Crippen molar-refractivity contribution in [1.29, 1.82) is 0 Å². The Morgan fingerprint density at radius 3 is 2.44 bits per heavy atom. The van der Waals surface area contributed by atoms with Gasteiger partial charge in [0.25, 0.3) is 0 Å². The Hall–Kier alpha value is -1.32. The fourth-order valence-corrected chi connectivity index (χ4v) is 3.44. The molecule has 4 heteroatoms. The zero-order chi connectivity index (χ0) is 12.7. The Balaban J connectivity index is 1.60. The second kappa shape index (κ2) is 4.41. The van der Waals surface area contributed by atoms with E-state index in [2.05, 4.69) is 5.32 Å². The van der Waals surface area contributed by atoms with Crippen molar-refractivity contribution >= 4 is 11.9 Å². The summed E-state index contributed by atoms with van der Waals surface area (Å²) in [6.45, 7) is 0.702. The predicted molar refractivity (Wildman–Crippen MR) is 65.7 cm³/mol. The largest absolute Gasteiger partial charge is 0.481 e. The van der Waals surface area contributed by atoms with E-state index in [1.54, 1.807) is 0 Å². The predicted octanol–water partition coefficient (Wildman–Crippen LogP) is 1.43. The monoisotopic (exact) mass is 249 g/mol. The van der Waals surface area contributed by atoms with Crippen molar-refractivity contribution in [3.8, 4) is 0 Å². The van der Waals surface area contributed by atoms with E-state index in [9.17, 15) is 14.7 Å². The van der Waals surface area contributed by atoms with Crippen molar-refractivity contribution in [2.45, 2.75) is 25.7 Å². The maximum absolute atomic E-state index is 12.1. The van der Waals surface area contributed by atoms with Gasteiger partial charge in [-0.05, 0) is 30.6 Å². The molecule has 4 nitrogen and oxygen atoms in total. The number of carbonyl (C=O) groups is 2. The Morgan fingerprint density at radius 1 is 1.17 bits per heavy atom. The van der Waals surface area contributed by atoms with Crippen molar-refractivity contribution in [2.24, 2.45) is 29.6 Å². The molecule has 3 aliphatic rings. The molecule has 3 rings (SSSR count). The van der Waals surface area contributed by atoms with Crippen LogP contribution in [0.4, 0.5) is 0 Å². The summed E-state index contributed by atoms with van der Waals surface area (Å²) in [6.07, 6.45) is 8.43. The van der Waals surface area contributed by atoms with Crippen molar-refractivity contribution < 1.29 is 14.7 Å². The van der Waals surface area contributed by atoms with E-state index < -0.39 is 11.9 Å². The maximum Gasteiger partial charge on any atom is 0.307 e. The molecule has 0 heterocycles. The van der Waals surface area contributed by atoms with Crippen molar-refractivity contribution in [1.82, 2.24) is 5.32 Å². The molecule has 0 spiro atoms. The molecule has 0 aromatic rings. The van der Waals surface area contributed by atoms with Crippen LogP contribution in [0, 0.1) is 29.6 Å². The smallest absolute Gasteiger partial charge is 0.307 e. The SMILES string of the molecule is O=C(O)[C@@H]1C2C=CC(C2)[C@@H]1C(=O)NCCC1CC1. The van der Waals surface area contributed by atoms with Crippen LogP contribution in [0.1, 0.15) is 25.7 Å². The van der Waals surface area contributed by atoms with Gasteiger partial charge in [-0.15, -0.1) is 0 Å². The quantitative estimate of drug-likeness (QED) is 0.724. The van der Waals surface area contributed by atoms with E-state index in [1.807, 2.05) is 12.2 Å². The van der Waals surface area contributed by atoms with Crippen molar-refractivity contribution in [3.05, 3.63) is 12.2 Å². The number of carbonyl (C=O) groups excluding carboxylic acids is 1. The average Bonchev–Trinajstić information content (AvgIpc) is 2.93. The standard InChI is InChI=1S/C14H19NO3/c16-13(15-6-5-8-1-2-8)11-9-3-4-10(7-9)12(11)14(17)18/h3-4,8-12H,1-2,5-7H2,(H,15,16)(H,17,18)/t9?,10?,11-,12+/m0/s1. The molecule has 1 amide bonds. The molecular weight excluding hydrogens is 230 g/mol. The summed E-state index contributed by atoms with van der Waals surface area (Å²) in [5, 5.41) is 12.2. The van der Waals surface area contributed by atoms with Gasteiger partial charge in [-0.3, -0.25) is 9.59 Å². The van der Waals surface area contributed by atoms with Crippen LogP contribution < -0.4 is 5.32 Å². The van der Waals surface area contributed by atoms with Crippen LogP contribution >= 0.6 is 0 Å². The molecular formula is C14H19NO3. The third-order valence-electron chi connectivity index (χ3n) is 4.60. The summed E-state index contributed by atoms with van der Waals surface area (Å²) in [6, 6.07) is 0. The minimum Gasteiger partial charge on any atom is -0.481 e. The average molecular weight is 249 g/mol. The van der Waals surface area contributed by atoms with E-state index in [4.69, 9.17) is 0 Å². The Labute approximate surface area is 106 Å². The number of carboxylic acids is 1. The highest BCUT2D eigenvalue weighted by atomic mass is 16.4. The molecule has 4 atom stereocenters. The number of allylic oxidation sites excluding steroid dienone is 2. The third-order valence-corrected chi connectivity index (χ3v) is 4.60. The van der Waals surface area contributed by atoms with Gasteiger partial charge in [0, 0.05) is 6.54 Å². The molecule has 2 unspecified atom stereocenters. The summed E-state index contributed by atoms with van der Waals surface area (Å²) < 4.78 is 0. The van der Waals surface area contributed by atoms with Gasteiger partial charge in [0.2, 0.25) is 5.91 Å². The fraction of sp³-hybridized carbons (Fsp3) is 0.714. The Kier molecular flexibility index (Phi) is 2.88. The number of nitrogens with one attached hydrogen (secondary N) is 1. The van der Waals surface area contributed by atoms with Crippen LogP contribution in [0.25, 0.3) is 0 Å². The summed E-state index contributed by atoms with van der Waals surface area (Å²) in [7, 11) is 0. The lowest BCUT2D eigenvalue weighted by molar-refractivity contribution is -0.147. The summed E-state index contributed by atoms with van der Waals surface area (Å²) in [4.78, 5) is 23.4. The van der Waals surface area contributed by atoms with Crippen molar-refractivity contribution in [2.75, 3.05) is 6.54 Å². The number of fused-ring (bicyclic) bond motifs is 2. The first-order valence-electron chi connectivity index (χ1n) is 6.85. The zero-order valence-electron chi connectivity index (χ0n) is 10.3. The van der Waals surface area contributed by atoms with Gasteiger partial charge in [-0.2, -0.15) is 0 Å². The summed E-state index contributed by atoms with van der Waals surface area (Å²) >= 11 is 0. The van der Waals surface area contributed by atoms with Gasteiger partial charge >= 0.3 is 5.97 Å². The van der Waals surface area contributed by atoms with Crippen LogP contribution in [0.2, 0.25) is 0 Å². The Bertz CT molecular complexity index is 400. The molecule has 3 aliphatic carbocycles. The molecule has 2 saturated carbocycles. The van der Waals surface area contributed by atoms with Gasteiger partial charge in [0.15, 0.2) is 0 Å². The summed E-state index contributed by atoms with van der Waals surface area (Å²) in [5.74, 6) is -0.754. The minimum absolute atomic E-state index is 0.0556. The molecule has 2 fully saturated rings. The van der Waals surface area contributed by atoms with Gasteiger partial charge in [0.1, 0.15) is 0 Å². The first-order chi connectivity index (χ1) is 8.66. The minimum atomic E-state index is -0.825. The van der Waals surface area contributed by atoms with Crippen LogP contribution in [0.15, 0.2) is 12.2 Å². The number of aliphatic carboxylic acids is 1.